The van der Waals surface area contributed by atoms with Gasteiger partial charge in [-0.15, -0.1) is 11.3 Å². The SMILES string of the molecule is Cc1csc(S(=O)(=O)C2(c3cc(N4CCOC[C@@H]4C)nc(-c4ccc(NC(=O)NC5CCC5)cc4)n3)CC2)n1. The maximum Gasteiger partial charge on any atom is 0.319 e. The lowest BCUT2D eigenvalue weighted by molar-refractivity contribution is 0.0985. The van der Waals surface area contributed by atoms with Gasteiger partial charge in [-0.1, -0.05) is 0 Å². The molecule has 1 aromatic carbocycles. The predicted molar refractivity (Wildman–Crippen MR) is 150 cm³/mol. The molecule has 39 heavy (non-hydrogen) atoms. The standard InChI is InChI=1S/C27H32N6O4S2/c1-17-16-38-26(28-17)39(35,36)27(10-11-27)22-14-23(33-12-13-37-15-18(33)2)32-24(31-22)19-6-8-21(9-7-19)30-25(34)29-20-4-3-5-20/h6-9,14,16,18,20H,3-5,10-13,15H2,1-2H3,(H2,29,30,34)/t18-/m0/s1. The summed E-state index contributed by atoms with van der Waals surface area (Å²) in [6.07, 6.45) is 4.16. The molecule has 12 heteroatoms. The summed E-state index contributed by atoms with van der Waals surface area (Å²) in [5.74, 6) is 1.13. The Hall–Kier alpha value is -3.09. The van der Waals surface area contributed by atoms with Gasteiger partial charge in [0.25, 0.3) is 0 Å². The van der Waals surface area contributed by atoms with Crippen LogP contribution in [0.4, 0.5) is 16.3 Å². The quantitative estimate of drug-likeness (QED) is 0.433. The van der Waals surface area contributed by atoms with Crippen molar-refractivity contribution >= 4 is 38.7 Å². The van der Waals surface area contributed by atoms with E-state index in [4.69, 9.17) is 14.7 Å². The van der Waals surface area contributed by atoms with E-state index in [1.165, 1.54) is 0 Å². The summed E-state index contributed by atoms with van der Waals surface area (Å²) in [6, 6.07) is 9.27. The lowest BCUT2D eigenvalue weighted by Gasteiger charge is -2.34. The van der Waals surface area contributed by atoms with Crippen LogP contribution in [0, 0.1) is 6.92 Å². The van der Waals surface area contributed by atoms with Crippen molar-refractivity contribution in [2.45, 2.75) is 67.1 Å². The van der Waals surface area contributed by atoms with Gasteiger partial charge in [-0.05, 0) is 70.2 Å². The first-order chi connectivity index (χ1) is 18.7. The van der Waals surface area contributed by atoms with Gasteiger partial charge in [-0.3, -0.25) is 0 Å². The Morgan fingerprint density at radius 1 is 1.15 bits per heavy atom. The van der Waals surface area contributed by atoms with Crippen molar-refractivity contribution in [3.8, 4) is 11.4 Å². The molecule has 3 aliphatic rings. The van der Waals surface area contributed by atoms with Crippen LogP contribution in [0.25, 0.3) is 11.4 Å². The number of rotatable bonds is 7. The third-order valence-corrected chi connectivity index (χ3v) is 11.6. The Balaban J connectivity index is 1.34. The number of hydrogen-bond acceptors (Lipinski definition) is 9. The summed E-state index contributed by atoms with van der Waals surface area (Å²) in [4.78, 5) is 28.4. The normalized spacial score (nSPS) is 20.8. The van der Waals surface area contributed by atoms with Crippen molar-refractivity contribution in [3.05, 3.63) is 47.1 Å². The molecular formula is C27H32N6O4S2. The maximum atomic E-state index is 13.8. The number of ether oxygens (including phenoxy) is 1. The highest BCUT2D eigenvalue weighted by atomic mass is 32.2. The first-order valence-electron chi connectivity index (χ1n) is 13.3. The van der Waals surface area contributed by atoms with E-state index in [-0.39, 0.29) is 22.5 Å². The Kier molecular flexibility index (Phi) is 6.80. The van der Waals surface area contributed by atoms with Gasteiger partial charge in [-0.2, -0.15) is 0 Å². The molecule has 1 aliphatic heterocycles. The lowest BCUT2D eigenvalue weighted by atomic mass is 9.93. The molecule has 0 unspecified atom stereocenters. The number of anilines is 2. The van der Waals surface area contributed by atoms with Crippen molar-refractivity contribution in [1.29, 1.82) is 0 Å². The van der Waals surface area contributed by atoms with E-state index in [1.807, 2.05) is 30.3 Å². The van der Waals surface area contributed by atoms with E-state index in [0.29, 0.717) is 61.3 Å². The number of nitrogens with one attached hydrogen (secondary N) is 2. The molecule has 10 nitrogen and oxygen atoms in total. The summed E-state index contributed by atoms with van der Waals surface area (Å²) < 4.78 is 32.2. The number of aryl methyl sites for hydroxylation is 1. The molecule has 3 aromatic rings. The molecule has 2 amide bonds. The zero-order valence-electron chi connectivity index (χ0n) is 22.0. The van der Waals surface area contributed by atoms with Crippen LogP contribution in [0.5, 0.6) is 0 Å². The van der Waals surface area contributed by atoms with Crippen LogP contribution in [0.2, 0.25) is 0 Å². The molecule has 0 radical (unpaired) electrons. The van der Waals surface area contributed by atoms with Crippen molar-refractivity contribution in [3.63, 3.8) is 0 Å². The van der Waals surface area contributed by atoms with Crippen molar-refractivity contribution < 1.29 is 17.9 Å². The molecule has 0 spiro atoms. The van der Waals surface area contributed by atoms with Crippen LogP contribution in [0.1, 0.15) is 50.4 Å². The fourth-order valence-corrected chi connectivity index (χ4v) is 8.29. The zero-order valence-corrected chi connectivity index (χ0v) is 23.6. The van der Waals surface area contributed by atoms with E-state index in [2.05, 4.69) is 27.4 Å². The molecule has 6 rings (SSSR count). The summed E-state index contributed by atoms with van der Waals surface area (Å²) >= 11 is 1.16. The van der Waals surface area contributed by atoms with Crippen molar-refractivity contribution in [2.75, 3.05) is 30.0 Å². The van der Waals surface area contributed by atoms with Crippen LogP contribution in [-0.4, -0.2) is 61.2 Å². The average molecular weight is 569 g/mol. The van der Waals surface area contributed by atoms with Crippen LogP contribution in [-0.2, 0) is 19.3 Å². The van der Waals surface area contributed by atoms with Gasteiger partial charge >= 0.3 is 6.03 Å². The number of sulfone groups is 1. The Morgan fingerprint density at radius 3 is 2.54 bits per heavy atom. The highest BCUT2D eigenvalue weighted by molar-refractivity contribution is 7.94. The number of benzene rings is 1. The molecule has 2 aromatic heterocycles. The summed E-state index contributed by atoms with van der Waals surface area (Å²) in [5, 5.41) is 7.60. The first-order valence-corrected chi connectivity index (χ1v) is 15.7. The van der Waals surface area contributed by atoms with Gasteiger partial charge < -0.3 is 20.3 Å². The molecule has 1 atom stereocenters. The first kappa shape index (κ1) is 26.1. The van der Waals surface area contributed by atoms with E-state index in [0.717, 1.165) is 36.2 Å². The van der Waals surface area contributed by atoms with E-state index < -0.39 is 14.6 Å². The monoisotopic (exact) mass is 568 g/mol. The summed E-state index contributed by atoms with van der Waals surface area (Å²) in [6.45, 7) is 5.66. The second-order valence-corrected chi connectivity index (χ2v) is 13.9. The van der Waals surface area contributed by atoms with Crippen LogP contribution < -0.4 is 15.5 Å². The second kappa shape index (κ2) is 10.1. The third kappa shape index (κ3) is 5.01. The number of carbonyl (C=O) groups is 1. The largest absolute Gasteiger partial charge is 0.377 e. The van der Waals surface area contributed by atoms with Crippen molar-refractivity contribution in [1.82, 2.24) is 20.3 Å². The zero-order chi connectivity index (χ0) is 27.2. The topological polar surface area (TPSA) is 126 Å². The molecular weight excluding hydrogens is 536 g/mol. The van der Waals surface area contributed by atoms with Crippen molar-refractivity contribution in [2.24, 2.45) is 0 Å². The number of carbonyl (C=O) groups excluding carboxylic acids is 1. The molecule has 0 bridgehead atoms. The van der Waals surface area contributed by atoms with Gasteiger partial charge in [-0.25, -0.2) is 28.2 Å². The average Bonchev–Trinajstić information content (AvgIpc) is 3.62. The van der Waals surface area contributed by atoms with Crippen LogP contribution in [0.3, 0.4) is 0 Å². The fourth-order valence-electron chi connectivity index (χ4n) is 5.02. The fraction of sp³-hybridized carbons (Fsp3) is 0.481. The molecule has 2 N–H and O–H groups in total. The highest BCUT2D eigenvalue weighted by Crippen LogP contribution is 2.55. The predicted octanol–water partition coefficient (Wildman–Crippen LogP) is 4.27. The molecule has 1 saturated heterocycles. The number of amides is 2. The van der Waals surface area contributed by atoms with Gasteiger partial charge in [0.05, 0.1) is 24.9 Å². The van der Waals surface area contributed by atoms with Gasteiger partial charge in [0.1, 0.15) is 10.6 Å². The second-order valence-electron chi connectivity index (χ2n) is 10.6. The number of nitrogens with zero attached hydrogens (tertiary/aromatic N) is 4. The minimum Gasteiger partial charge on any atom is -0.377 e. The Morgan fingerprint density at radius 2 is 1.92 bits per heavy atom. The van der Waals surface area contributed by atoms with E-state index in [9.17, 15) is 13.2 Å². The van der Waals surface area contributed by atoms with E-state index >= 15 is 0 Å². The number of thiazole rings is 1. The maximum absolute atomic E-state index is 13.8. The minimum atomic E-state index is -3.73. The smallest absolute Gasteiger partial charge is 0.319 e. The summed E-state index contributed by atoms with van der Waals surface area (Å²) in [5.41, 5.74) is 2.59. The third-order valence-electron chi connectivity index (χ3n) is 7.73. The number of urea groups is 1. The molecule has 206 valence electrons. The number of morpholine rings is 1. The lowest BCUT2D eigenvalue weighted by Crippen LogP contribution is -2.44. The Labute approximate surface area is 232 Å². The number of hydrogen-bond donors (Lipinski definition) is 2. The van der Waals surface area contributed by atoms with Gasteiger partial charge in [0.15, 0.2) is 5.82 Å². The van der Waals surface area contributed by atoms with E-state index in [1.54, 1.807) is 12.3 Å². The molecule has 3 fully saturated rings. The summed E-state index contributed by atoms with van der Waals surface area (Å²) in [7, 11) is -3.73. The molecule has 2 aliphatic carbocycles. The van der Waals surface area contributed by atoms with Gasteiger partial charge in [0.2, 0.25) is 14.2 Å². The van der Waals surface area contributed by atoms with Crippen LogP contribution in [0.15, 0.2) is 40.1 Å². The molecule has 3 heterocycles. The minimum absolute atomic E-state index is 0.0866. The highest BCUT2D eigenvalue weighted by Gasteiger charge is 2.59. The van der Waals surface area contributed by atoms with Gasteiger partial charge in [0, 0.05) is 41.0 Å². The van der Waals surface area contributed by atoms with Crippen LogP contribution >= 0.6 is 11.3 Å². The molecule has 2 saturated carbocycles. The Bertz CT molecular complexity index is 1480. The number of aromatic nitrogens is 3.